The molecule has 0 spiro atoms. The number of rotatable bonds is 23. The fourth-order valence-electron chi connectivity index (χ4n) is 9.43. The molecule has 2 bridgehead atoms. The second kappa shape index (κ2) is 21.9. The van der Waals surface area contributed by atoms with Gasteiger partial charge in [0.05, 0.1) is 23.8 Å². The van der Waals surface area contributed by atoms with Crippen LogP contribution in [0.3, 0.4) is 0 Å². The van der Waals surface area contributed by atoms with Crippen molar-refractivity contribution in [1.82, 2.24) is 26.6 Å². The third-order valence-corrected chi connectivity index (χ3v) is 13.7. The Morgan fingerprint density at radius 3 is 2.00 bits per heavy atom. The smallest absolute Gasteiger partial charge is 0.481 e. The van der Waals surface area contributed by atoms with Crippen LogP contribution in [-0.2, 0) is 39.7 Å². The number of unbranched alkanes of at least 4 members (excludes halogenated alkanes) is 2. The van der Waals surface area contributed by atoms with Crippen molar-refractivity contribution >= 4 is 42.6 Å². The highest BCUT2D eigenvalue weighted by Crippen LogP contribution is 2.65. The Bertz CT molecular complexity index is 1970. The molecule has 4 aliphatic rings. The van der Waals surface area contributed by atoms with Crippen LogP contribution >= 0.6 is 0 Å². The van der Waals surface area contributed by atoms with Crippen molar-refractivity contribution in [2.45, 2.75) is 161 Å². The normalized spacial score (nSPS) is 23.5. The zero-order valence-corrected chi connectivity index (χ0v) is 38.4. The molecular weight excluding hydrogens is 819 g/mol. The Balaban J connectivity index is 1.17. The van der Waals surface area contributed by atoms with Crippen LogP contribution in [-0.4, -0.2) is 107 Å². The van der Waals surface area contributed by atoms with E-state index in [0.29, 0.717) is 36.8 Å². The van der Waals surface area contributed by atoms with Gasteiger partial charge in [-0.1, -0.05) is 63.6 Å². The first kappa shape index (κ1) is 50.2. The Morgan fingerprint density at radius 2 is 1.41 bits per heavy atom. The number of carboxylic acids is 1. The zero-order chi connectivity index (χ0) is 46.9. The topological polar surface area (TPSA) is 248 Å². The van der Waals surface area contributed by atoms with E-state index in [4.69, 9.17) is 15.0 Å². The van der Waals surface area contributed by atoms with Gasteiger partial charge in [0.2, 0.25) is 23.6 Å². The number of nitrogens with two attached hydrogens (primary N) is 1. The van der Waals surface area contributed by atoms with Gasteiger partial charge in [0.1, 0.15) is 24.2 Å². The number of carboxylic acid groups (broad SMARTS) is 1. The van der Waals surface area contributed by atoms with Crippen LogP contribution in [0.15, 0.2) is 48.5 Å². The maximum atomic E-state index is 13.7. The first-order valence-corrected chi connectivity index (χ1v) is 22.9. The molecule has 6 rings (SSSR count). The zero-order valence-electron chi connectivity index (χ0n) is 38.4. The molecule has 2 aromatic rings. The van der Waals surface area contributed by atoms with Gasteiger partial charge in [0, 0.05) is 12.0 Å². The van der Waals surface area contributed by atoms with Crippen molar-refractivity contribution in [1.29, 1.82) is 0 Å². The van der Waals surface area contributed by atoms with Gasteiger partial charge in [-0.05, 0) is 132 Å². The molecule has 5 amide bonds. The lowest BCUT2D eigenvalue weighted by atomic mass is 9.43. The van der Waals surface area contributed by atoms with E-state index >= 15 is 0 Å². The molecule has 64 heavy (non-hydrogen) atoms. The van der Waals surface area contributed by atoms with E-state index in [0.717, 1.165) is 43.2 Å². The van der Waals surface area contributed by atoms with Crippen LogP contribution < -0.4 is 32.3 Å². The number of aliphatic carboxylic acids is 1. The minimum absolute atomic E-state index is 0.121. The van der Waals surface area contributed by atoms with Crippen molar-refractivity contribution in [3.63, 3.8) is 0 Å². The van der Waals surface area contributed by atoms with E-state index in [-0.39, 0.29) is 24.4 Å². The first-order valence-electron chi connectivity index (χ1n) is 22.9. The van der Waals surface area contributed by atoms with Gasteiger partial charge in [-0.2, -0.15) is 0 Å². The van der Waals surface area contributed by atoms with E-state index in [1.807, 2.05) is 24.3 Å². The van der Waals surface area contributed by atoms with E-state index in [2.05, 4.69) is 66.4 Å². The molecule has 0 radical (unpaired) electrons. The highest BCUT2D eigenvalue weighted by molar-refractivity contribution is 6.47. The third-order valence-electron chi connectivity index (χ3n) is 13.7. The number of nitrogens with one attached hydrogen (secondary N) is 5. The molecule has 16 nitrogen and oxygen atoms in total. The van der Waals surface area contributed by atoms with Crippen LogP contribution in [0.4, 0.5) is 0 Å². The molecule has 350 valence electrons. The standard InChI is InChI=1S/C47H69BN6O10/c1-8-9-12-30-14-16-31(17-15-30)32-18-20-33(21-19-32)42(59)53-35(13-10-11-24-49)44(61)54-40(28(3)55)45(62)50-27(2)41(58)52-36(22-23-39(56)57)43(60)51-29(4)48-63-38-26-34-25-37(46(34,5)6)47(38,7)64-48/h14-21,27-29,34-38,40,55H,8-13,22-26,49H2,1-7H3,(H,50,62)(H,51,60)(H,52,58)(H,53,59)(H,54,61)(H,56,57)/t27-,28+,29-,34-,35-,36-,37-,38?,40-,47-/m0/s1. The largest absolute Gasteiger partial charge is 0.481 e. The summed E-state index contributed by atoms with van der Waals surface area (Å²) in [7, 11) is -0.750. The summed E-state index contributed by atoms with van der Waals surface area (Å²) in [6.07, 6.45) is 4.20. The molecule has 1 saturated heterocycles. The number of benzene rings is 2. The van der Waals surface area contributed by atoms with E-state index in [1.165, 1.54) is 19.4 Å². The average molecular weight is 889 g/mol. The number of aliphatic hydroxyl groups excluding tert-OH is 1. The number of hydrogen-bond donors (Lipinski definition) is 8. The van der Waals surface area contributed by atoms with E-state index in [1.54, 1.807) is 19.1 Å². The molecule has 4 fully saturated rings. The highest BCUT2D eigenvalue weighted by atomic mass is 16.7. The monoisotopic (exact) mass is 889 g/mol. The third kappa shape index (κ3) is 12.1. The molecular formula is C47H69BN6O10. The molecule has 3 aliphatic carbocycles. The number of carbonyl (C=O) groups is 6. The molecule has 9 N–H and O–H groups in total. The Labute approximate surface area is 377 Å². The summed E-state index contributed by atoms with van der Waals surface area (Å²) < 4.78 is 12.8. The fraction of sp³-hybridized carbons (Fsp3) is 0.617. The predicted molar refractivity (Wildman–Crippen MR) is 242 cm³/mol. The second-order valence-electron chi connectivity index (χ2n) is 18.8. The average Bonchev–Trinajstić information content (AvgIpc) is 3.63. The maximum absolute atomic E-state index is 13.7. The molecule has 17 heteroatoms. The minimum atomic E-state index is -1.54. The quantitative estimate of drug-likeness (QED) is 0.0594. The predicted octanol–water partition coefficient (Wildman–Crippen LogP) is 3.42. The second-order valence-corrected chi connectivity index (χ2v) is 18.8. The maximum Gasteiger partial charge on any atom is 0.481 e. The molecule has 10 atom stereocenters. The van der Waals surface area contributed by atoms with Gasteiger partial charge < -0.3 is 51.8 Å². The van der Waals surface area contributed by atoms with E-state index in [9.17, 15) is 39.0 Å². The molecule has 1 heterocycles. The molecule has 3 saturated carbocycles. The minimum Gasteiger partial charge on any atom is -0.481 e. The lowest BCUT2D eigenvalue weighted by Gasteiger charge is -2.64. The number of amides is 5. The van der Waals surface area contributed by atoms with Crippen molar-refractivity contribution in [3.8, 4) is 11.1 Å². The van der Waals surface area contributed by atoms with Gasteiger partial charge in [0.25, 0.3) is 5.91 Å². The van der Waals surface area contributed by atoms with Crippen LogP contribution in [0, 0.1) is 17.3 Å². The van der Waals surface area contributed by atoms with Gasteiger partial charge in [-0.15, -0.1) is 0 Å². The number of carbonyl (C=O) groups excluding carboxylic acids is 5. The van der Waals surface area contributed by atoms with Crippen LogP contribution in [0.2, 0.25) is 0 Å². The Morgan fingerprint density at radius 1 is 0.781 bits per heavy atom. The summed E-state index contributed by atoms with van der Waals surface area (Å²) in [5.74, 6) is -4.58. The molecule has 2 aromatic carbocycles. The SMILES string of the molecule is CCCCc1ccc(-c2ccc(C(=O)N[C@@H](CCCCN)C(=O)N[C@H](C(=O)N[C@@H](C)C(=O)N[C@@H](CCC(=O)O)C(=O)N[C@@H](C)B3OC4C[C@@H]5C[C@@H](C5(C)C)[C@]4(C)O3)[C@@H](C)O)cc2)cc1. The highest BCUT2D eigenvalue weighted by Gasteiger charge is 2.68. The van der Waals surface area contributed by atoms with Crippen LogP contribution in [0.1, 0.15) is 122 Å². The van der Waals surface area contributed by atoms with E-state index < -0.39 is 90.9 Å². The van der Waals surface area contributed by atoms with Gasteiger partial charge in [-0.25, -0.2) is 0 Å². The number of aryl methyl sites for hydroxylation is 1. The number of aliphatic hydroxyl groups is 1. The molecule has 0 aromatic heterocycles. The van der Waals surface area contributed by atoms with Gasteiger partial charge >= 0.3 is 13.1 Å². The summed E-state index contributed by atoms with van der Waals surface area (Å²) in [4.78, 5) is 79.3. The van der Waals surface area contributed by atoms with Crippen LogP contribution in [0.25, 0.3) is 11.1 Å². The van der Waals surface area contributed by atoms with Gasteiger partial charge in [-0.3, -0.25) is 28.8 Å². The summed E-state index contributed by atoms with van der Waals surface area (Å²) in [5.41, 5.74) is 8.83. The Kier molecular flexibility index (Phi) is 17.2. The molecule has 1 aliphatic heterocycles. The van der Waals surface area contributed by atoms with Crippen molar-refractivity contribution < 1.29 is 48.3 Å². The van der Waals surface area contributed by atoms with Crippen molar-refractivity contribution in [2.24, 2.45) is 23.0 Å². The molecule has 1 unspecified atom stereocenters. The van der Waals surface area contributed by atoms with Crippen molar-refractivity contribution in [3.05, 3.63) is 59.7 Å². The lowest BCUT2D eigenvalue weighted by molar-refractivity contribution is -0.199. The lowest BCUT2D eigenvalue weighted by Crippen LogP contribution is -2.65. The fourth-order valence-corrected chi connectivity index (χ4v) is 9.43. The summed E-state index contributed by atoms with van der Waals surface area (Å²) in [6, 6.07) is 10.1. The van der Waals surface area contributed by atoms with Gasteiger partial charge in [0.15, 0.2) is 0 Å². The Hall–Kier alpha value is -4.84. The first-order chi connectivity index (χ1) is 30.3. The van der Waals surface area contributed by atoms with Crippen LogP contribution in [0.5, 0.6) is 0 Å². The summed E-state index contributed by atoms with van der Waals surface area (Å²) >= 11 is 0. The number of hydrogen-bond acceptors (Lipinski definition) is 10. The van der Waals surface area contributed by atoms with Crippen molar-refractivity contribution in [2.75, 3.05) is 6.54 Å². The summed E-state index contributed by atoms with van der Waals surface area (Å²) in [5, 5.41) is 33.2. The summed E-state index contributed by atoms with van der Waals surface area (Å²) in [6.45, 7) is 13.4.